The van der Waals surface area contributed by atoms with E-state index < -0.39 is 4.92 Å². The lowest BCUT2D eigenvalue weighted by atomic mass is 9.92. The molecule has 1 aliphatic rings. The quantitative estimate of drug-likeness (QED) is 0.238. The standard InChI is InChI=1S/C25H23N5O4/c31-25(22-15-23(34-29-22)16-9-11-17(12-10-16)30(32)33)27-14-13-26-24-18-5-1-3-7-20(18)28-21-8-4-2-6-19(21)24/h1,3,5,7,9-12,15H,2,4,6,8,13-14H2,(H,26,28)(H,27,31). The number of anilines is 1. The van der Waals surface area contributed by atoms with Crippen LogP contribution in [0.2, 0.25) is 0 Å². The van der Waals surface area contributed by atoms with Gasteiger partial charge in [0, 0.05) is 53.6 Å². The highest BCUT2D eigenvalue weighted by Gasteiger charge is 2.18. The molecule has 2 N–H and O–H groups in total. The minimum atomic E-state index is -0.471. The van der Waals surface area contributed by atoms with Crippen LogP contribution in [0.5, 0.6) is 0 Å². The van der Waals surface area contributed by atoms with E-state index in [2.05, 4.69) is 21.9 Å². The molecule has 2 aromatic carbocycles. The summed E-state index contributed by atoms with van der Waals surface area (Å²) in [6, 6.07) is 15.5. The second-order valence-corrected chi connectivity index (χ2v) is 8.20. The minimum absolute atomic E-state index is 0.0167. The lowest BCUT2D eigenvalue weighted by Gasteiger charge is -2.21. The Kier molecular flexibility index (Phi) is 5.90. The number of aromatic nitrogens is 2. The van der Waals surface area contributed by atoms with Gasteiger partial charge in [0.25, 0.3) is 11.6 Å². The van der Waals surface area contributed by atoms with E-state index in [1.165, 1.54) is 23.8 Å². The molecule has 34 heavy (non-hydrogen) atoms. The lowest BCUT2D eigenvalue weighted by molar-refractivity contribution is -0.384. The van der Waals surface area contributed by atoms with Gasteiger partial charge in [-0.2, -0.15) is 0 Å². The summed E-state index contributed by atoms with van der Waals surface area (Å²) in [6.07, 6.45) is 4.32. The normalized spacial score (nSPS) is 12.8. The first-order valence-electron chi connectivity index (χ1n) is 11.2. The first-order chi connectivity index (χ1) is 16.6. The average molecular weight is 457 g/mol. The molecule has 0 fully saturated rings. The molecule has 2 aromatic heterocycles. The molecule has 2 heterocycles. The number of nitrogens with one attached hydrogen (secondary N) is 2. The number of aryl methyl sites for hydroxylation is 1. The summed E-state index contributed by atoms with van der Waals surface area (Å²) in [5.41, 5.74) is 5.27. The molecular formula is C25H23N5O4. The molecule has 5 rings (SSSR count). The summed E-state index contributed by atoms with van der Waals surface area (Å²) in [7, 11) is 0. The van der Waals surface area contributed by atoms with E-state index in [-0.39, 0.29) is 17.3 Å². The van der Waals surface area contributed by atoms with E-state index in [0.717, 1.165) is 48.0 Å². The summed E-state index contributed by atoms with van der Waals surface area (Å²) in [6.45, 7) is 0.962. The Hall–Kier alpha value is -4.27. The van der Waals surface area contributed by atoms with Crippen LogP contribution in [0.25, 0.3) is 22.2 Å². The van der Waals surface area contributed by atoms with Gasteiger partial charge in [0.1, 0.15) is 0 Å². The Morgan fingerprint density at radius 2 is 1.85 bits per heavy atom. The van der Waals surface area contributed by atoms with Gasteiger partial charge < -0.3 is 15.2 Å². The molecule has 0 saturated heterocycles. The van der Waals surface area contributed by atoms with Crippen molar-refractivity contribution >= 4 is 28.2 Å². The van der Waals surface area contributed by atoms with Crippen molar-refractivity contribution in [2.24, 2.45) is 0 Å². The summed E-state index contributed by atoms with van der Waals surface area (Å²) < 4.78 is 5.25. The Morgan fingerprint density at radius 1 is 1.06 bits per heavy atom. The van der Waals surface area contributed by atoms with Crippen molar-refractivity contribution in [3.63, 3.8) is 0 Å². The van der Waals surface area contributed by atoms with Gasteiger partial charge in [-0.15, -0.1) is 0 Å². The molecular weight excluding hydrogens is 434 g/mol. The van der Waals surface area contributed by atoms with Gasteiger partial charge in [-0.1, -0.05) is 23.4 Å². The number of carbonyl (C=O) groups is 1. The van der Waals surface area contributed by atoms with Crippen molar-refractivity contribution in [2.45, 2.75) is 25.7 Å². The maximum absolute atomic E-state index is 12.5. The largest absolute Gasteiger partial charge is 0.382 e. The Morgan fingerprint density at radius 3 is 2.68 bits per heavy atom. The second kappa shape index (κ2) is 9.30. The zero-order valence-corrected chi connectivity index (χ0v) is 18.4. The van der Waals surface area contributed by atoms with Crippen LogP contribution in [0.15, 0.2) is 59.1 Å². The molecule has 0 aliphatic heterocycles. The molecule has 1 amide bonds. The van der Waals surface area contributed by atoms with Crippen LogP contribution in [0.3, 0.4) is 0 Å². The fraction of sp³-hybridized carbons (Fsp3) is 0.240. The number of non-ortho nitro benzene ring substituents is 1. The van der Waals surface area contributed by atoms with Crippen LogP contribution in [-0.4, -0.2) is 34.1 Å². The van der Waals surface area contributed by atoms with E-state index in [0.29, 0.717) is 24.4 Å². The summed E-state index contributed by atoms with van der Waals surface area (Å²) in [4.78, 5) is 27.7. The highest BCUT2D eigenvalue weighted by molar-refractivity contribution is 5.94. The number of pyridine rings is 1. The van der Waals surface area contributed by atoms with E-state index in [4.69, 9.17) is 9.51 Å². The molecule has 0 saturated carbocycles. The van der Waals surface area contributed by atoms with Gasteiger partial charge in [0.15, 0.2) is 11.5 Å². The van der Waals surface area contributed by atoms with Crippen LogP contribution in [-0.2, 0) is 12.8 Å². The number of nitro benzene ring substituents is 1. The van der Waals surface area contributed by atoms with Crippen LogP contribution in [0, 0.1) is 10.1 Å². The molecule has 4 aromatic rings. The number of carbonyl (C=O) groups excluding carboxylic acids is 1. The van der Waals surface area contributed by atoms with E-state index in [9.17, 15) is 14.9 Å². The molecule has 9 nitrogen and oxygen atoms in total. The maximum Gasteiger partial charge on any atom is 0.273 e. The number of para-hydroxylation sites is 1. The predicted octanol–water partition coefficient (Wildman–Crippen LogP) is 4.52. The van der Waals surface area contributed by atoms with Gasteiger partial charge in [0.05, 0.1) is 10.4 Å². The van der Waals surface area contributed by atoms with Gasteiger partial charge in [-0.25, -0.2) is 0 Å². The van der Waals surface area contributed by atoms with E-state index in [1.807, 2.05) is 18.2 Å². The van der Waals surface area contributed by atoms with Crippen molar-refractivity contribution in [3.05, 3.63) is 81.7 Å². The van der Waals surface area contributed by atoms with Gasteiger partial charge in [0.2, 0.25) is 0 Å². The lowest BCUT2D eigenvalue weighted by Crippen LogP contribution is -2.29. The van der Waals surface area contributed by atoms with E-state index in [1.54, 1.807) is 12.1 Å². The number of amides is 1. The maximum atomic E-state index is 12.5. The molecule has 0 unspecified atom stereocenters. The SMILES string of the molecule is O=C(NCCNc1c2c(nc3ccccc13)CCCC2)c1cc(-c2ccc([N+](=O)[O-])cc2)on1. The first kappa shape index (κ1) is 21.6. The van der Waals surface area contributed by atoms with Crippen molar-refractivity contribution in [3.8, 4) is 11.3 Å². The number of nitrogens with zero attached hydrogens (tertiary/aromatic N) is 3. The van der Waals surface area contributed by atoms with Gasteiger partial charge >= 0.3 is 0 Å². The van der Waals surface area contributed by atoms with Crippen LogP contribution < -0.4 is 10.6 Å². The highest BCUT2D eigenvalue weighted by atomic mass is 16.6. The van der Waals surface area contributed by atoms with Crippen molar-refractivity contribution in [1.82, 2.24) is 15.5 Å². The van der Waals surface area contributed by atoms with Crippen molar-refractivity contribution < 1.29 is 14.2 Å². The molecule has 0 radical (unpaired) electrons. The molecule has 0 bridgehead atoms. The number of hydrogen-bond acceptors (Lipinski definition) is 7. The second-order valence-electron chi connectivity index (χ2n) is 8.20. The van der Waals surface area contributed by atoms with Crippen molar-refractivity contribution in [1.29, 1.82) is 0 Å². The molecule has 0 atom stereocenters. The van der Waals surface area contributed by atoms with E-state index >= 15 is 0 Å². The van der Waals surface area contributed by atoms with Crippen LogP contribution >= 0.6 is 0 Å². The molecule has 0 spiro atoms. The van der Waals surface area contributed by atoms with Crippen LogP contribution in [0.1, 0.15) is 34.6 Å². The molecule has 172 valence electrons. The predicted molar refractivity (Wildman–Crippen MR) is 128 cm³/mol. The minimum Gasteiger partial charge on any atom is -0.382 e. The fourth-order valence-electron chi connectivity index (χ4n) is 4.29. The third-order valence-electron chi connectivity index (χ3n) is 5.99. The number of fused-ring (bicyclic) bond motifs is 2. The zero-order chi connectivity index (χ0) is 23.5. The smallest absolute Gasteiger partial charge is 0.273 e. The fourth-order valence-corrected chi connectivity index (χ4v) is 4.29. The first-order valence-corrected chi connectivity index (χ1v) is 11.2. The topological polar surface area (TPSA) is 123 Å². The zero-order valence-electron chi connectivity index (χ0n) is 18.4. The molecule has 1 aliphatic carbocycles. The highest BCUT2D eigenvalue weighted by Crippen LogP contribution is 2.33. The molecule has 9 heteroatoms. The summed E-state index contributed by atoms with van der Waals surface area (Å²) in [5, 5.41) is 22.1. The number of nitro groups is 1. The Bertz CT molecular complexity index is 1360. The third kappa shape index (κ3) is 4.32. The monoisotopic (exact) mass is 457 g/mol. The third-order valence-corrected chi connectivity index (χ3v) is 5.99. The number of benzene rings is 2. The van der Waals surface area contributed by atoms with Gasteiger partial charge in [-0.3, -0.25) is 19.9 Å². The summed E-state index contributed by atoms with van der Waals surface area (Å²) >= 11 is 0. The Labute approximate surface area is 195 Å². The summed E-state index contributed by atoms with van der Waals surface area (Å²) in [5.74, 6) is 0.0217. The number of hydrogen-bond donors (Lipinski definition) is 2. The average Bonchev–Trinajstić information content (AvgIpc) is 3.36. The van der Waals surface area contributed by atoms with Crippen molar-refractivity contribution in [2.75, 3.05) is 18.4 Å². The Balaban J connectivity index is 1.22. The van der Waals surface area contributed by atoms with Gasteiger partial charge in [-0.05, 0) is 49.4 Å². The van der Waals surface area contributed by atoms with Crippen LogP contribution in [0.4, 0.5) is 11.4 Å². The number of rotatable bonds is 7.